The van der Waals surface area contributed by atoms with E-state index >= 15 is 0 Å². The molecule has 0 atom stereocenters. The van der Waals surface area contributed by atoms with E-state index in [1.54, 1.807) is 26.4 Å². The minimum atomic E-state index is -0.454. The van der Waals surface area contributed by atoms with Crippen molar-refractivity contribution in [2.24, 2.45) is 0 Å². The number of fused-ring (bicyclic) bond motifs is 2. The molecule has 0 saturated heterocycles. The number of aromatic amines is 1. The molecule has 132 valence electrons. The molecule has 2 heterocycles. The Balaban J connectivity index is 1.93. The fourth-order valence-electron chi connectivity index (χ4n) is 2.71. The van der Waals surface area contributed by atoms with Gasteiger partial charge in [0, 0.05) is 39.3 Å². The van der Waals surface area contributed by atoms with Crippen LogP contribution in [0.5, 0.6) is 0 Å². The van der Waals surface area contributed by atoms with Gasteiger partial charge in [0.05, 0.1) is 25.3 Å². The summed E-state index contributed by atoms with van der Waals surface area (Å²) >= 11 is 2.39. The molecule has 1 N–H and O–H groups in total. The Morgan fingerprint density at radius 1 is 1.08 bits per heavy atom. The van der Waals surface area contributed by atoms with E-state index in [0.29, 0.717) is 17.0 Å². The molecular formula is C18H14N2O4S2. The van der Waals surface area contributed by atoms with Crippen molar-refractivity contribution in [1.82, 2.24) is 9.97 Å². The lowest BCUT2D eigenvalue weighted by Gasteiger charge is -2.08. The highest BCUT2D eigenvalue weighted by molar-refractivity contribution is 7.95. The molecule has 0 spiro atoms. The summed E-state index contributed by atoms with van der Waals surface area (Å²) < 4.78 is 15.9. The smallest absolute Gasteiger partial charge is 0.347 e. The Labute approximate surface area is 157 Å². The van der Waals surface area contributed by atoms with Gasteiger partial charge in [-0.3, -0.25) is 0 Å². The van der Waals surface area contributed by atoms with E-state index in [9.17, 15) is 4.79 Å². The summed E-state index contributed by atoms with van der Waals surface area (Å²) in [6.45, 7) is 0. The standard InChI is InChI=1S/C18H14N2O4S2/c1-22-25-10-7-15-11(16(8-10)26-23-2)9-12(18(21)24-15)17-19-13-5-3-4-6-14(13)20-17/h3-9H,1-2H3,(H,19,20). The van der Waals surface area contributed by atoms with Crippen LogP contribution in [0.1, 0.15) is 0 Å². The van der Waals surface area contributed by atoms with Crippen molar-refractivity contribution < 1.29 is 12.8 Å². The molecular weight excluding hydrogens is 372 g/mol. The molecule has 0 unspecified atom stereocenters. The SMILES string of the molecule is COSc1cc(SOC)c2cc(-c3nc4ccccc4[nH]3)c(=O)oc2c1. The van der Waals surface area contributed by atoms with Gasteiger partial charge in [0.2, 0.25) is 0 Å². The number of rotatable bonds is 5. The van der Waals surface area contributed by atoms with E-state index in [0.717, 1.165) is 26.2 Å². The third-order valence-corrected chi connectivity index (χ3v) is 5.06. The first-order valence-corrected chi connectivity index (χ1v) is 9.16. The molecule has 4 aromatic rings. The summed E-state index contributed by atoms with van der Waals surface area (Å²) in [6, 6.07) is 13.1. The Morgan fingerprint density at radius 2 is 1.88 bits per heavy atom. The maximum absolute atomic E-state index is 12.5. The van der Waals surface area contributed by atoms with Crippen LogP contribution in [0.4, 0.5) is 0 Å². The van der Waals surface area contributed by atoms with Gasteiger partial charge in [-0.2, -0.15) is 0 Å². The quantitative estimate of drug-likeness (QED) is 0.395. The van der Waals surface area contributed by atoms with Crippen LogP contribution < -0.4 is 5.63 Å². The average Bonchev–Trinajstić information content (AvgIpc) is 3.05. The fourth-order valence-corrected chi connectivity index (χ4v) is 3.90. The fraction of sp³-hybridized carbons (Fsp3) is 0.111. The highest BCUT2D eigenvalue weighted by Crippen LogP contribution is 2.34. The zero-order valence-corrected chi connectivity index (χ0v) is 15.6. The topological polar surface area (TPSA) is 77.4 Å². The van der Waals surface area contributed by atoms with Gasteiger partial charge < -0.3 is 17.8 Å². The second kappa shape index (κ2) is 7.16. The maximum Gasteiger partial charge on any atom is 0.347 e. The third kappa shape index (κ3) is 3.12. The Morgan fingerprint density at radius 3 is 2.65 bits per heavy atom. The van der Waals surface area contributed by atoms with Gasteiger partial charge in [0.1, 0.15) is 17.0 Å². The molecule has 0 aliphatic rings. The molecule has 0 fully saturated rings. The first-order chi connectivity index (χ1) is 12.7. The van der Waals surface area contributed by atoms with Gasteiger partial charge in [-0.25, -0.2) is 9.78 Å². The number of imidazole rings is 1. The van der Waals surface area contributed by atoms with Crippen LogP contribution in [-0.4, -0.2) is 24.2 Å². The van der Waals surface area contributed by atoms with Crippen LogP contribution in [-0.2, 0) is 8.37 Å². The molecule has 0 saturated carbocycles. The van der Waals surface area contributed by atoms with Crippen molar-refractivity contribution in [1.29, 1.82) is 0 Å². The predicted molar refractivity (Wildman–Crippen MR) is 103 cm³/mol. The Bertz CT molecular complexity index is 1120. The molecule has 2 aromatic carbocycles. The van der Waals surface area contributed by atoms with Gasteiger partial charge in [0.15, 0.2) is 0 Å². The van der Waals surface area contributed by atoms with Crippen LogP contribution in [0.2, 0.25) is 0 Å². The lowest BCUT2D eigenvalue weighted by molar-refractivity contribution is 0.488. The molecule has 0 radical (unpaired) electrons. The van der Waals surface area contributed by atoms with Gasteiger partial charge in [0.25, 0.3) is 0 Å². The van der Waals surface area contributed by atoms with Crippen molar-refractivity contribution in [3.8, 4) is 11.4 Å². The number of nitrogens with one attached hydrogen (secondary N) is 1. The molecule has 6 nitrogen and oxygen atoms in total. The summed E-state index contributed by atoms with van der Waals surface area (Å²) in [4.78, 5) is 21.9. The molecule has 0 amide bonds. The van der Waals surface area contributed by atoms with Crippen LogP contribution >= 0.6 is 24.1 Å². The zero-order chi connectivity index (χ0) is 18.1. The molecule has 2 aromatic heterocycles. The van der Waals surface area contributed by atoms with Crippen molar-refractivity contribution in [3.63, 3.8) is 0 Å². The monoisotopic (exact) mass is 386 g/mol. The van der Waals surface area contributed by atoms with Crippen molar-refractivity contribution in [2.45, 2.75) is 9.79 Å². The number of hydrogen-bond acceptors (Lipinski definition) is 7. The summed E-state index contributed by atoms with van der Waals surface area (Å²) in [6.07, 6.45) is 0. The van der Waals surface area contributed by atoms with E-state index in [-0.39, 0.29) is 0 Å². The molecule has 0 bridgehead atoms. The largest absolute Gasteiger partial charge is 0.422 e. The highest BCUT2D eigenvalue weighted by Gasteiger charge is 2.15. The first kappa shape index (κ1) is 17.2. The summed E-state index contributed by atoms with van der Waals surface area (Å²) in [7, 11) is 3.17. The summed E-state index contributed by atoms with van der Waals surface area (Å²) in [5.41, 5.74) is 2.04. The molecule has 0 aliphatic heterocycles. The second-order valence-corrected chi connectivity index (χ2v) is 7.29. The minimum absolute atomic E-state index is 0.374. The summed E-state index contributed by atoms with van der Waals surface area (Å²) in [5, 5.41) is 0.771. The first-order valence-electron chi connectivity index (χ1n) is 7.68. The van der Waals surface area contributed by atoms with E-state index in [1.165, 1.54) is 24.1 Å². The molecule has 8 heteroatoms. The molecule has 0 aliphatic carbocycles. The van der Waals surface area contributed by atoms with Crippen molar-refractivity contribution >= 4 is 46.1 Å². The number of H-pyrrole nitrogens is 1. The predicted octanol–water partition coefficient (Wildman–Crippen LogP) is 4.64. The van der Waals surface area contributed by atoms with Gasteiger partial charge in [-0.15, -0.1) is 0 Å². The zero-order valence-electron chi connectivity index (χ0n) is 13.9. The van der Waals surface area contributed by atoms with Gasteiger partial charge >= 0.3 is 5.63 Å². The number of para-hydroxylation sites is 2. The lowest BCUT2D eigenvalue weighted by Crippen LogP contribution is -2.04. The highest BCUT2D eigenvalue weighted by atomic mass is 32.2. The summed E-state index contributed by atoms with van der Waals surface area (Å²) in [5.74, 6) is 0.477. The number of benzene rings is 2. The van der Waals surface area contributed by atoms with E-state index in [1.807, 2.05) is 30.3 Å². The van der Waals surface area contributed by atoms with Crippen LogP contribution in [0.15, 0.2) is 61.5 Å². The van der Waals surface area contributed by atoms with E-state index in [4.69, 9.17) is 12.8 Å². The average molecular weight is 386 g/mol. The number of aromatic nitrogens is 2. The second-order valence-electron chi connectivity index (χ2n) is 5.38. The van der Waals surface area contributed by atoms with E-state index in [2.05, 4.69) is 9.97 Å². The Kier molecular flexibility index (Phi) is 4.73. The van der Waals surface area contributed by atoms with Crippen LogP contribution in [0.25, 0.3) is 33.4 Å². The van der Waals surface area contributed by atoms with Crippen LogP contribution in [0.3, 0.4) is 0 Å². The molecule has 4 rings (SSSR count). The lowest BCUT2D eigenvalue weighted by atomic mass is 10.2. The van der Waals surface area contributed by atoms with Crippen molar-refractivity contribution in [3.05, 3.63) is 52.9 Å². The number of hydrogen-bond donors (Lipinski definition) is 1. The third-order valence-electron chi connectivity index (χ3n) is 3.79. The van der Waals surface area contributed by atoms with Crippen molar-refractivity contribution in [2.75, 3.05) is 14.2 Å². The number of nitrogens with zero attached hydrogens (tertiary/aromatic N) is 1. The maximum atomic E-state index is 12.5. The molecule has 26 heavy (non-hydrogen) atoms. The van der Waals surface area contributed by atoms with Gasteiger partial charge in [-0.1, -0.05) is 12.1 Å². The Hall–Kier alpha value is -2.26. The van der Waals surface area contributed by atoms with E-state index < -0.39 is 5.63 Å². The van der Waals surface area contributed by atoms with Gasteiger partial charge in [-0.05, 0) is 30.3 Å². The normalized spacial score (nSPS) is 11.5. The van der Waals surface area contributed by atoms with Crippen LogP contribution in [0, 0.1) is 0 Å². The minimum Gasteiger partial charge on any atom is -0.422 e.